The van der Waals surface area contributed by atoms with Gasteiger partial charge in [0.05, 0.1) is 12.8 Å². The molecule has 1 fully saturated rings. The molecular weight excluding hydrogens is 454 g/mol. The van der Waals surface area contributed by atoms with Gasteiger partial charge in [0.1, 0.15) is 5.82 Å². The average molecular weight is 496 g/mol. The van der Waals surface area contributed by atoms with Crippen molar-refractivity contribution in [1.29, 1.82) is 5.41 Å². The van der Waals surface area contributed by atoms with Crippen molar-refractivity contribution in [2.45, 2.75) is 52.9 Å². The second-order valence-electron chi connectivity index (χ2n) is 8.17. The van der Waals surface area contributed by atoms with Gasteiger partial charge in [-0.15, -0.1) is 0 Å². The Hall–Kier alpha value is -3.52. The molecule has 1 aliphatic heterocycles. The van der Waals surface area contributed by atoms with Gasteiger partial charge in [-0.2, -0.15) is 4.99 Å². The molecule has 0 amide bonds. The monoisotopic (exact) mass is 495 g/mol. The molecule has 1 aliphatic carbocycles. The van der Waals surface area contributed by atoms with Gasteiger partial charge in [0.25, 0.3) is 0 Å². The number of nitrogens with one attached hydrogen (secondary N) is 3. The lowest BCUT2D eigenvalue weighted by molar-refractivity contribution is -0.138. The number of aliphatic imine (C=N–C) groups is 1. The summed E-state index contributed by atoms with van der Waals surface area (Å²) in [5.41, 5.74) is 5.19. The van der Waals surface area contributed by atoms with Crippen LogP contribution in [-0.2, 0) is 9.53 Å². The number of aromatic nitrogens is 2. The van der Waals surface area contributed by atoms with Crippen molar-refractivity contribution in [3.8, 4) is 0 Å². The number of ether oxygens (including phenoxy) is 1. The normalized spacial score (nSPS) is 15.9. The van der Waals surface area contributed by atoms with E-state index in [4.69, 9.17) is 15.3 Å². The Labute approximate surface area is 215 Å². The van der Waals surface area contributed by atoms with Crippen LogP contribution in [0.3, 0.4) is 0 Å². The Morgan fingerprint density at radius 3 is 2.58 bits per heavy atom. The molecule has 8 heteroatoms. The Kier molecular flexibility index (Phi) is 14.4. The number of hydrogen-bond donors (Lipinski definition) is 4. The third-order valence-corrected chi connectivity index (χ3v) is 5.72. The zero-order valence-electron chi connectivity index (χ0n) is 22.1. The van der Waals surface area contributed by atoms with Crippen LogP contribution >= 0.6 is 0 Å². The van der Waals surface area contributed by atoms with Crippen molar-refractivity contribution >= 4 is 36.1 Å². The summed E-state index contributed by atoms with van der Waals surface area (Å²) in [7, 11) is 1.55. The van der Waals surface area contributed by atoms with Crippen LogP contribution in [0.25, 0.3) is 11.6 Å². The van der Waals surface area contributed by atoms with Gasteiger partial charge in [-0.3, -0.25) is 4.79 Å². The SMILES string of the molecule is C=Cc1[nH]c(C2=C(C)C=C(C(=C)/C=C\C=N)CC2)nc1/N=C/OC.CC.O=C(O)CC1CCNCC1. The maximum absolute atomic E-state index is 10.2. The third-order valence-electron chi connectivity index (χ3n) is 5.72. The highest BCUT2D eigenvalue weighted by Crippen LogP contribution is 2.34. The van der Waals surface area contributed by atoms with Crippen molar-refractivity contribution in [2.24, 2.45) is 10.9 Å². The standard InChI is InChI=1S/C19H22N4O.C7H13NO2.C2H6/c1-5-17-19(21-12-24-4)23-18(22-17)16-9-8-15(11-14(16)3)13(2)7-6-10-20;9-7(10)5-6-1-3-8-4-2-6;1-2/h5-7,10-12,20H,1-2,8-9H2,3-4H3,(H,22,23);6,8H,1-5H2,(H,9,10);1-2H3/b7-6-,20-10?,21-12+;;. The first-order chi connectivity index (χ1) is 17.4. The molecule has 1 aromatic rings. The van der Waals surface area contributed by atoms with E-state index in [1.54, 1.807) is 19.3 Å². The van der Waals surface area contributed by atoms with Gasteiger partial charge >= 0.3 is 5.97 Å². The fourth-order valence-corrected chi connectivity index (χ4v) is 3.90. The minimum atomic E-state index is -0.660. The molecule has 0 atom stereocenters. The molecule has 0 bridgehead atoms. The highest BCUT2D eigenvalue weighted by atomic mass is 16.5. The fourth-order valence-electron chi connectivity index (χ4n) is 3.90. The summed E-state index contributed by atoms with van der Waals surface area (Å²) in [6.45, 7) is 15.9. The number of methoxy groups -OCH3 is 1. The van der Waals surface area contributed by atoms with Crippen LogP contribution < -0.4 is 5.32 Å². The number of nitrogens with zero attached hydrogens (tertiary/aromatic N) is 2. The Bertz CT molecular complexity index is 1010. The lowest BCUT2D eigenvalue weighted by Crippen LogP contribution is -2.28. The van der Waals surface area contributed by atoms with E-state index in [1.807, 2.05) is 19.9 Å². The van der Waals surface area contributed by atoms with Crippen molar-refractivity contribution in [3.05, 3.63) is 59.6 Å². The van der Waals surface area contributed by atoms with E-state index in [2.05, 4.69) is 46.4 Å². The van der Waals surface area contributed by atoms with Gasteiger partial charge in [-0.1, -0.05) is 39.2 Å². The third kappa shape index (κ3) is 10.00. The van der Waals surface area contributed by atoms with E-state index in [0.29, 0.717) is 18.2 Å². The molecule has 0 aromatic carbocycles. The van der Waals surface area contributed by atoms with Crippen LogP contribution in [-0.4, -0.2) is 53.9 Å². The molecule has 36 heavy (non-hydrogen) atoms. The Morgan fingerprint density at radius 1 is 1.33 bits per heavy atom. The van der Waals surface area contributed by atoms with Gasteiger partial charge in [-0.25, -0.2) is 4.98 Å². The number of hydrogen-bond acceptors (Lipinski definition) is 6. The summed E-state index contributed by atoms with van der Waals surface area (Å²) < 4.78 is 4.86. The molecule has 2 aliphatic rings. The van der Waals surface area contributed by atoms with E-state index < -0.39 is 5.97 Å². The maximum Gasteiger partial charge on any atom is 0.303 e. The molecule has 2 heterocycles. The van der Waals surface area contributed by atoms with E-state index >= 15 is 0 Å². The van der Waals surface area contributed by atoms with E-state index in [1.165, 1.54) is 18.2 Å². The van der Waals surface area contributed by atoms with Crippen LogP contribution in [0.4, 0.5) is 5.82 Å². The van der Waals surface area contributed by atoms with Crippen LogP contribution in [0, 0.1) is 11.3 Å². The zero-order chi connectivity index (χ0) is 26.9. The Morgan fingerprint density at radius 2 is 2.03 bits per heavy atom. The minimum Gasteiger partial charge on any atom is -0.486 e. The predicted octanol–water partition coefficient (Wildman–Crippen LogP) is 6.10. The zero-order valence-corrected chi connectivity index (χ0v) is 22.1. The molecular formula is C28H41N5O3. The lowest BCUT2D eigenvalue weighted by atomic mass is 9.89. The summed E-state index contributed by atoms with van der Waals surface area (Å²) in [6, 6.07) is 0. The highest BCUT2D eigenvalue weighted by Gasteiger charge is 2.18. The first-order valence-electron chi connectivity index (χ1n) is 12.4. The predicted molar refractivity (Wildman–Crippen MR) is 150 cm³/mol. The van der Waals surface area contributed by atoms with Crippen LogP contribution in [0.2, 0.25) is 0 Å². The largest absolute Gasteiger partial charge is 0.486 e. The van der Waals surface area contributed by atoms with Gasteiger partial charge in [-0.05, 0) is 86.1 Å². The molecule has 0 radical (unpaired) electrons. The molecule has 196 valence electrons. The number of rotatable bonds is 9. The molecule has 0 unspecified atom stereocenters. The summed E-state index contributed by atoms with van der Waals surface area (Å²) in [6.07, 6.45) is 14.1. The van der Waals surface area contributed by atoms with Crippen LogP contribution in [0.5, 0.6) is 0 Å². The van der Waals surface area contributed by atoms with E-state index in [0.717, 1.165) is 67.0 Å². The van der Waals surface area contributed by atoms with E-state index in [9.17, 15) is 4.79 Å². The minimum absolute atomic E-state index is 0.349. The van der Waals surface area contributed by atoms with Crippen molar-refractivity contribution in [3.63, 3.8) is 0 Å². The van der Waals surface area contributed by atoms with Crippen molar-refractivity contribution in [2.75, 3.05) is 20.2 Å². The number of aliphatic carboxylic acids is 1. The first-order valence-corrected chi connectivity index (χ1v) is 12.4. The second kappa shape index (κ2) is 17.0. The van der Waals surface area contributed by atoms with Crippen LogP contribution in [0.15, 0.2) is 53.1 Å². The van der Waals surface area contributed by atoms with E-state index in [-0.39, 0.29) is 0 Å². The smallest absolute Gasteiger partial charge is 0.303 e. The summed E-state index contributed by atoms with van der Waals surface area (Å²) in [4.78, 5) is 22.2. The van der Waals surface area contributed by atoms with Crippen LogP contribution in [0.1, 0.15) is 64.4 Å². The molecule has 1 saturated heterocycles. The number of carbonyl (C=O) groups is 1. The van der Waals surface area contributed by atoms with Crippen molar-refractivity contribution < 1.29 is 14.6 Å². The molecule has 3 rings (SSSR count). The number of H-pyrrole nitrogens is 1. The number of allylic oxidation sites excluding steroid dienone is 7. The molecule has 8 nitrogen and oxygen atoms in total. The molecule has 0 spiro atoms. The maximum atomic E-state index is 10.2. The molecule has 4 N–H and O–H groups in total. The molecule has 0 saturated carbocycles. The van der Waals surface area contributed by atoms with Gasteiger partial charge in [0.2, 0.25) is 0 Å². The Balaban J connectivity index is 0.000000450. The fraction of sp³-hybridized carbons (Fsp3) is 0.429. The first kappa shape index (κ1) is 30.5. The topological polar surface area (TPSA) is 123 Å². The summed E-state index contributed by atoms with van der Waals surface area (Å²) in [5, 5.41) is 18.7. The lowest BCUT2D eigenvalue weighted by Gasteiger charge is -2.20. The number of carboxylic acid groups (broad SMARTS) is 1. The number of piperidine rings is 1. The summed E-state index contributed by atoms with van der Waals surface area (Å²) in [5.74, 6) is 1.13. The summed E-state index contributed by atoms with van der Waals surface area (Å²) >= 11 is 0. The average Bonchev–Trinajstić information content (AvgIpc) is 3.30. The van der Waals surface area contributed by atoms with Gasteiger partial charge < -0.3 is 25.6 Å². The van der Waals surface area contributed by atoms with Crippen molar-refractivity contribution in [1.82, 2.24) is 15.3 Å². The number of imidazole rings is 1. The van der Waals surface area contributed by atoms with Gasteiger partial charge in [0, 0.05) is 12.6 Å². The number of carboxylic acids is 1. The molecule has 1 aromatic heterocycles. The quantitative estimate of drug-likeness (QED) is 0.187. The van der Waals surface area contributed by atoms with Gasteiger partial charge in [0.15, 0.2) is 12.2 Å². The number of aromatic amines is 1. The second-order valence-corrected chi connectivity index (χ2v) is 8.17. The highest BCUT2D eigenvalue weighted by molar-refractivity contribution is 5.74.